The van der Waals surface area contributed by atoms with E-state index < -0.39 is 0 Å². The number of rotatable bonds is 7. The third-order valence-corrected chi connectivity index (χ3v) is 5.22. The van der Waals surface area contributed by atoms with Crippen LogP contribution >= 0.6 is 11.7 Å². The topological polar surface area (TPSA) is 63.2 Å². The second-order valence-corrected chi connectivity index (χ2v) is 7.66. The summed E-state index contributed by atoms with van der Waals surface area (Å²) in [5, 5.41) is 0. The van der Waals surface area contributed by atoms with Crippen molar-refractivity contribution < 1.29 is 9.59 Å². The summed E-state index contributed by atoms with van der Waals surface area (Å²) in [6.07, 6.45) is 4.43. The van der Waals surface area contributed by atoms with Crippen molar-refractivity contribution in [2.45, 2.75) is 46.5 Å². The first kappa shape index (κ1) is 17.0. The Kier molecular flexibility index (Phi) is 4.94. The van der Waals surface area contributed by atoms with Crippen LogP contribution in [0.25, 0.3) is 11.0 Å². The van der Waals surface area contributed by atoms with Gasteiger partial charge in [0.2, 0.25) is 0 Å². The van der Waals surface area contributed by atoms with Crippen LogP contribution in [0.4, 0.5) is 0 Å². The average molecular weight is 345 g/mol. The van der Waals surface area contributed by atoms with Crippen LogP contribution in [-0.2, 0) is 0 Å². The molecule has 0 aliphatic carbocycles. The van der Waals surface area contributed by atoms with Crippen LogP contribution in [-0.4, -0.2) is 32.0 Å². The van der Waals surface area contributed by atoms with Gasteiger partial charge < -0.3 is 0 Å². The van der Waals surface area contributed by atoms with Crippen LogP contribution in [0.3, 0.4) is 0 Å². The molecule has 3 rings (SSSR count). The smallest absolute Gasteiger partial charge is 0.261 e. The van der Waals surface area contributed by atoms with E-state index in [1.165, 1.54) is 17.7 Å². The monoisotopic (exact) mass is 345 g/mol. The van der Waals surface area contributed by atoms with Crippen molar-refractivity contribution in [2.75, 3.05) is 6.54 Å². The second-order valence-electron chi connectivity index (χ2n) is 7.13. The molecule has 1 aromatic carbocycles. The minimum atomic E-state index is -0.195. The van der Waals surface area contributed by atoms with Crippen molar-refractivity contribution in [3.63, 3.8) is 0 Å². The SMILES string of the molecule is CC(C)CCCC(C)CCN1C(=O)c2cc3nsnc3cc2C1=O. The number of carbonyl (C=O) groups is 2. The lowest BCUT2D eigenvalue weighted by atomic mass is 9.97. The molecule has 2 heterocycles. The molecule has 0 radical (unpaired) electrons. The van der Waals surface area contributed by atoms with E-state index in [0.717, 1.165) is 30.5 Å². The number of aromatic nitrogens is 2. The maximum Gasteiger partial charge on any atom is 0.261 e. The molecule has 1 aromatic heterocycles. The molecule has 1 aliphatic rings. The van der Waals surface area contributed by atoms with E-state index in [9.17, 15) is 9.59 Å². The van der Waals surface area contributed by atoms with E-state index in [0.29, 0.717) is 34.6 Å². The molecule has 1 unspecified atom stereocenters. The Morgan fingerprint density at radius 2 is 1.54 bits per heavy atom. The van der Waals surface area contributed by atoms with Gasteiger partial charge in [0.05, 0.1) is 22.9 Å². The van der Waals surface area contributed by atoms with Gasteiger partial charge >= 0.3 is 0 Å². The van der Waals surface area contributed by atoms with Crippen LogP contribution in [0, 0.1) is 11.8 Å². The molecule has 0 spiro atoms. The van der Waals surface area contributed by atoms with Crippen LogP contribution in [0.5, 0.6) is 0 Å². The van der Waals surface area contributed by atoms with Crippen molar-refractivity contribution in [1.82, 2.24) is 13.6 Å². The van der Waals surface area contributed by atoms with Crippen molar-refractivity contribution in [2.24, 2.45) is 11.8 Å². The first-order valence-corrected chi connectivity index (χ1v) is 9.33. The highest BCUT2D eigenvalue weighted by Gasteiger charge is 2.36. The molecule has 128 valence electrons. The Morgan fingerprint density at radius 1 is 0.958 bits per heavy atom. The third kappa shape index (κ3) is 3.34. The summed E-state index contributed by atoms with van der Waals surface area (Å²) in [6, 6.07) is 3.39. The van der Waals surface area contributed by atoms with Crippen LogP contribution in [0.15, 0.2) is 12.1 Å². The molecule has 5 nitrogen and oxygen atoms in total. The van der Waals surface area contributed by atoms with E-state index in [2.05, 4.69) is 29.5 Å². The Labute approximate surface area is 146 Å². The Balaban J connectivity index is 1.63. The number of hydrogen-bond acceptors (Lipinski definition) is 5. The quantitative estimate of drug-likeness (QED) is 0.708. The summed E-state index contributed by atoms with van der Waals surface area (Å²) < 4.78 is 8.30. The highest BCUT2D eigenvalue weighted by Crippen LogP contribution is 2.28. The number of benzene rings is 1. The van der Waals surface area contributed by atoms with Crippen LogP contribution in [0.2, 0.25) is 0 Å². The number of carbonyl (C=O) groups excluding carboxylic acids is 2. The largest absolute Gasteiger partial charge is 0.274 e. The summed E-state index contributed by atoms with van der Waals surface area (Å²) in [5.41, 5.74) is 2.30. The van der Waals surface area contributed by atoms with Gasteiger partial charge in [-0.05, 0) is 30.4 Å². The molecule has 0 saturated carbocycles. The van der Waals surface area contributed by atoms with Crippen molar-refractivity contribution in [3.05, 3.63) is 23.3 Å². The predicted molar refractivity (Wildman–Crippen MR) is 95.3 cm³/mol. The molecular weight excluding hydrogens is 322 g/mol. The number of fused-ring (bicyclic) bond motifs is 2. The zero-order chi connectivity index (χ0) is 17.3. The van der Waals surface area contributed by atoms with Crippen LogP contribution < -0.4 is 0 Å². The van der Waals surface area contributed by atoms with Gasteiger partial charge in [-0.3, -0.25) is 14.5 Å². The van der Waals surface area contributed by atoms with E-state index in [1.54, 1.807) is 12.1 Å². The summed E-state index contributed by atoms with van der Waals surface area (Å²) in [4.78, 5) is 26.5. The number of imide groups is 1. The highest BCUT2D eigenvalue weighted by atomic mass is 32.1. The molecule has 1 aliphatic heterocycles. The molecule has 2 amide bonds. The zero-order valence-electron chi connectivity index (χ0n) is 14.4. The minimum Gasteiger partial charge on any atom is -0.274 e. The first-order valence-electron chi connectivity index (χ1n) is 8.60. The lowest BCUT2D eigenvalue weighted by Gasteiger charge is -2.17. The van der Waals surface area contributed by atoms with E-state index in [1.807, 2.05) is 0 Å². The molecular formula is C18H23N3O2S. The summed E-state index contributed by atoms with van der Waals surface area (Å²) in [6.45, 7) is 7.15. The van der Waals surface area contributed by atoms with E-state index >= 15 is 0 Å². The van der Waals surface area contributed by atoms with Gasteiger partial charge in [0.25, 0.3) is 11.8 Å². The maximum atomic E-state index is 12.5. The van der Waals surface area contributed by atoms with E-state index in [4.69, 9.17) is 0 Å². The second kappa shape index (κ2) is 6.97. The van der Waals surface area contributed by atoms with Crippen molar-refractivity contribution >= 4 is 34.6 Å². The fourth-order valence-corrected chi connectivity index (χ4v) is 3.65. The van der Waals surface area contributed by atoms with Crippen LogP contribution in [0.1, 0.15) is 67.2 Å². The van der Waals surface area contributed by atoms with Gasteiger partial charge in [0, 0.05) is 6.54 Å². The Morgan fingerprint density at radius 3 is 2.08 bits per heavy atom. The first-order chi connectivity index (χ1) is 11.5. The highest BCUT2D eigenvalue weighted by molar-refractivity contribution is 7.00. The van der Waals surface area contributed by atoms with Crippen molar-refractivity contribution in [1.29, 1.82) is 0 Å². The average Bonchev–Trinajstić information content (AvgIpc) is 3.08. The maximum absolute atomic E-state index is 12.5. The summed E-state index contributed by atoms with van der Waals surface area (Å²) in [7, 11) is 0. The molecule has 0 saturated heterocycles. The summed E-state index contributed by atoms with van der Waals surface area (Å²) >= 11 is 1.10. The van der Waals surface area contributed by atoms with Gasteiger partial charge in [-0.15, -0.1) is 0 Å². The molecule has 2 aromatic rings. The van der Waals surface area contributed by atoms with Gasteiger partial charge in [-0.1, -0.05) is 40.0 Å². The molecule has 6 heteroatoms. The van der Waals surface area contributed by atoms with Gasteiger partial charge in [-0.25, -0.2) is 0 Å². The Hall–Kier alpha value is -1.82. The standard InChI is InChI=1S/C18H23N3O2S/c1-11(2)5-4-6-12(3)7-8-21-17(22)13-9-15-16(20-24-19-15)10-14(13)18(21)23/h9-12H,4-8H2,1-3H3. The molecule has 24 heavy (non-hydrogen) atoms. The lowest BCUT2D eigenvalue weighted by Crippen LogP contribution is -2.31. The minimum absolute atomic E-state index is 0.195. The van der Waals surface area contributed by atoms with Gasteiger partial charge in [0.15, 0.2) is 0 Å². The predicted octanol–water partition coefficient (Wildman–Crippen LogP) is 4.14. The van der Waals surface area contributed by atoms with Gasteiger partial charge in [0.1, 0.15) is 11.0 Å². The van der Waals surface area contributed by atoms with E-state index in [-0.39, 0.29) is 11.8 Å². The number of hydrogen-bond donors (Lipinski definition) is 0. The molecule has 0 fully saturated rings. The molecule has 0 bridgehead atoms. The molecule has 1 atom stereocenters. The Bertz CT molecular complexity index is 719. The third-order valence-electron chi connectivity index (χ3n) is 4.67. The number of amides is 2. The van der Waals surface area contributed by atoms with Crippen molar-refractivity contribution in [3.8, 4) is 0 Å². The van der Waals surface area contributed by atoms with Gasteiger partial charge in [-0.2, -0.15) is 8.75 Å². The normalized spacial score (nSPS) is 15.6. The number of nitrogens with zero attached hydrogens (tertiary/aromatic N) is 3. The zero-order valence-corrected chi connectivity index (χ0v) is 15.2. The lowest BCUT2D eigenvalue weighted by molar-refractivity contribution is 0.0646. The molecule has 0 N–H and O–H groups in total. The fraction of sp³-hybridized carbons (Fsp3) is 0.556. The summed E-state index contributed by atoms with van der Waals surface area (Å²) in [5.74, 6) is 0.849. The fourth-order valence-electron chi connectivity index (χ4n) is 3.14.